The van der Waals surface area contributed by atoms with Crippen molar-refractivity contribution in [2.45, 2.75) is 25.8 Å². The van der Waals surface area contributed by atoms with Crippen molar-refractivity contribution < 1.29 is 15.0 Å². The number of hydrogen-bond acceptors (Lipinski definition) is 4. The number of nitrogens with zero attached hydrogens (tertiary/aromatic N) is 3. The highest BCUT2D eigenvalue weighted by Gasteiger charge is 2.26. The van der Waals surface area contributed by atoms with Gasteiger partial charge < -0.3 is 10.2 Å². The number of carboxylic acid groups (broad SMARTS) is 1. The number of carboxylic acids is 1. The number of carbonyl (C=O) groups is 1. The van der Waals surface area contributed by atoms with E-state index in [1.807, 2.05) is 6.07 Å². The average Bonchev–Trinajstić information content (AvgIpc) is 2.79. The molecule has 0 saturated carbocycles. The average molecular weight is 273 g/mol. The summed E-state index contributed by atoms with van der Waals surface area (Å²) in [5.74, 6) is 0.488. The molecule has 0 bridgehead atoms. The first kappa shape index (κ1) is 12.7. The highest BCUT2D eigenvalue weighted by molar-refractivity contribution is 5.70. The van der Waals surface area contributed by atoms with Gasteiger partial charge in [-0.2, -0.15) is 5.10 Å². The summed E-state index contributed by atoms with van der Waals surface area (Å²) in [4.78, 5) is 15.4. The molecule has 1 aromatic heterocycles. The number of phenols is 1. The van der Waals surface area contributed by atoms with Gasteiger partial charge in [0, 0.05) is 19.4 Å². The van der Waals surface area contributed by atoms with Crippen molar-refractivity contribution in [2.75, 3.05) is 0 Å². The number of aromatic nitrogens is 3. The van der Waals surface area contributed by atoms with Crippen molar-refractivity contribution in [3.8, 4) is 5.75 Å². The van der Waals surface area contributed by atoms with E-state index in [1.54, 1.807) is 22.9 Å². The lowest BCUT2D eigenvalue weighted by Crippen LogP contribution is -2.26. The van der Waals surface area contributed by atoms with E-state index in [0.29, 0.717) is 31.6 Å². The van der Waals surface area contributed by atoms with E-state index in [4.69, 9.17) is 5.11 Å². The molecular formula is C14H15N3O3. The minimum Gasteiger partial charge on any atom is -0.508 e. The topological polar surface area (TPSA) is 88.2 Å². The molecule has 2 aromatic rings. The molecular weight excluding hydrogens is 258 g/mol. The van der Waals surface area contributed by atoms with E-state index >= 15 is 0 Å². The van der Waals surface area contributed by atoms with Crippen LogP contribution in [-0.2, 0) is 24.2 Å². The molecule has 1 aromatic carbocycles. The fraction of sp³-hybridized carbons (Fsp3) is 0.357. The second-order valence-corrected chi connectivity index (χ2v) is 5.04. The van der Waals surface area contributed by atoms with Crippen molar-refractivity contribution >= 4 is 5.97 Å². The smallest absolute Gasteiger partial charge is 0.307 e. The minimum atomic E-state index is -0.770. The molecule has 1 atom stereocenters. The Morgan fingerprint density at radius 2 is 2.30 bits per heavy atom. The van der Waals surface area contributed by atoms with Crippen LogP contribution in [0.3, 0.4) is 0 Å². The SMILES string of the molecule is O=C(O)C1CCn2nc(Cc3cccc(O)c3)nc2C1. The van der Waals surface area contributed by atoms with Gasteiger partial charge in [0.2, 0.25) is 0 Å². The van der Waals surface area contributed by atoms with E-state index < -0.39 is 5.97 Å². The number of aliphatic carboxylic acids is 1. The van der Waals surface area contributed by atoms with Gasteiger partial charge in [-0.3, -0.25) is 4.79 Å². The quantitative estimate of drug-likeness (QED) is 0.877. The van der Waals surface area contributed by atoms with E-state index in [0.717, 1.165) is 11.4 Å². The molecule has 0 saturated heterocycles. The molecule has 1 unspecified atom stereocenters. The Hall–Kier alpha value is -2.37. The molecule has 0 aliphatic carbocycles. The van der Waals surface area contributed by atoms with Crippen molar-refractivity contribution in [3.05, 3.63) is 41.5 Å². The summed E-state index contributed by atoms with van der Waals surface area (Å²) in [7, 11) is 0. The Labute approximate surface area is 115 Å². The fourth-order valence-corrected chi connectivity index (χ4v) is 2.49. The highest BCUT2D eigenvalue weighted by atomic mass is 16.4. The molecule has 1 aliphatic rings. The van der Waals surface area contributed by atoms with Gasteiger partial charge in [0.1, 0.15) is 11.6 Å². The van der Waals surface area contributed by atoms with Crippen LogP contribution in [0.15, 0.2) is 24.3 Å². The zero-order chi connectivity index (χ0) is 14.1. The molecule has 0 amide bonds. The summed E-state index contributed by atoms with van der Waals surface area (Å²) in [6.07, 6.45) is 1.56. The van der Waals surface area contributed by atoms with Crippen molar-refractivity contribution in [1.82, 2.24) is 14.8 Å². The summed E-state index contributed by atoms with van der Waals surface area (Å²) < 4.78 is 1.79. The maximum Gasteiger partial charge on any atom is 0.307 e. The zero-order valence-corrected chi connectivity index (χ0v) is 10.9. The third-order valence-electron chi connectivity index (χ3n) is 3.53. The molecule has 0 spiro atoms. The van der Waals surface area contributed by atoms with E-state index in [2.05, 4.69) is 10.1 Å². The van der Waals surface area contributed by atoms with Gasteiger partial charge in [0.15, 0.2) is 5.82 Å². The summed E-state index contributed by atoms with van der Waals surface area (Å²) in [5, 5.41) is 22.9. The predicted molar refractivity (Wildman–Crippen MR) is 70.4 cm³/mol. The van der Waals surface area contributed by atoms with Gasteiger partial charge in [-0.15, -0.1) is 0 Å². The third kappa shape index (κ3) is 2.49. The number of fused-ring (bicyclic) bond motifs is 1. The first-order chi connectivity index (χ1) is 9.61. The van der Waals surface area contributed by atoms with E-state index in [9.17, 15) is 9.90 Å². The van der Waals surface area contributed by atoms with Crippen LogP contribution in [0, 0.1) is 5.92 Å². The van der Waals surface area contributed by atoms with Gasteiger partial charge in [-0.05, 0) is 24.1 Å². The number of phenolic OH excluding ortho intramolecular Hbond substituents is 1. The normalized spacial score (nSPS) is 17.7. The van der Waals surface area contributed by atoms with Crippen molar-refractivity contribution in [3.63, 3.8) is 0 Å². The molecule has 3 rings (SSSR count). The second kappa shape index (κ2) is 4.96. The van der Waals surface area contributed by atoms with Crippen LogP contribution in [0.2, 0.25) is 0 Å². The summed E-state index contributed by atoms with van der Waals surface area (Å²) in [6.45, 7) is 0.597. The van der Waals surface area contributed by atoms with Crippen molar-refractivity contribution in [2.24, 2.45) is 5.92 Å². The van der Waals surface area contributed by atoms with Crippen LogP contribution in [0.1, 0.15) is 23.6 Å². The molecule has 2 N–H and O–H groups in total. The molecule has 6 heteroatoms. The van der Waals surface area contributed by atoms with Gasteiger partial charge in [-0.1, -0.05) is 12.1 Å². The Bertz CT molecular complexity index is 651. The second-order valence-electron chi connectivity index (χ2n) is 5.04. The highest BCUT2D eigenvalue weighted by Crippen LogP contribution is 2.20. The van der Waals surface area contributed by atoms with Gasteiger partial charge in [0.05, 0.1) is 5.92 Å². The summed E-state index contributed by atoms with van der Waals surface area (Å²) in [6, 6.07) is 6.98. The van der Waals surface area contributed by atoms with Crippen LogP contribution in [0.5, 0.6) is 5.75 Å². The summed E-state index contributed by atoms with van der Waals surface area (Å²) in [5.41, 5.74) is 0.933. The third-order valence-corrected chi connectivity index (χ3v) is 3.53. The zero-order valence-electron chi connectivity index (χ0n) is 10.9. The Morgan fingerprint density at radius 1 is 1.45 bits per heavy atom. The fourth-order valence-electron chi connectivity index (χ4n) is 2.49. The van der Waals surface area contributed by atoms with E-state index in [1.165, 1.54) is 0 Å². The van der Waals surface area contributed by atoms with Crippen LogP contribution >= 0.6 is 0 Å². The number of hydrogen-bond donors (Lipinski definition) is 2. The lowest BCUT2D eigenvalue weighted by atomic mass is 9.98. The lowest BCUT2D eigenvalue weighted by molar-refractivity contribution is -0.142. The number of aryl methyl sites for hydroxylation is 1. The molecule has 2 heterocycles. The monoisotopic (exact) mass is 273 g/mol. The number of benzene rings is 1. The molecule has 0 radical (unpaired) electrons. The first-order valence-electron chi connectivity index (χ1n) is 6.55. The number of aromatic hydroxyl groups is 1. The molecule has 0 fully saturated rings. The van der Waals surface area contributed by atoms with Crippen LogP contribution < -0.4 is 0 Å². The Balaban J connectivity index is 1.79. The first-order valence-corrected chi connectivity index (χ1v) is 6.55. The Morgan fingerprint density at radius 3 is 3.05 bits per heavy atom. The lowest BCUT2D eigenvalue weighted by Gasteiger charge is -2.17. The standard InChI is InChI=1S/C14H15N3O3/c18-11-3-1-2-9(6-11)7-12-15-13-8-10(14(19)20)4-5-17(13)16-12/h1-3,6,10,18H,4-5,7-8H2,(H,19,20). The largest absolute Gasteiger partial charge is 0.508 e. The van der Waals surface area contributed by atoms with Crippen LogP contribution in [0.4, 0.5) is 0 Å². The number of rotatable bonds is 3. The van der Waals surface area contributed by atoms with Gasteiger partial charge >= 0.3 is 5.97 Å². The van der Waals surface area contributed by atoms with Crippen LogP contribution in [-0.4, -0.2) is 30.9 Å². The van der Waals surface area contributed by atoms with Gasteiger partial charge in [0.25, 0.3) is 0 Å². The van der Waals surface area contributed by atoms with Crippen molar-refractivity contribution in [1.29, 1.82) is 0 Å². The molecule has 20 heavy (non-hydrogen) atoms. The molecule has 1 aliphatic heterocycles. The Kier molecular flexibility index (Phi) is 3.14. The van der Waals surface area contributed by atoms with E-state index in [-0.39, 0.29) is 11.7 Å². The van der Waals surface area contributed by atoms with Crippen LogP contribution in [0.25, 0.3) is 0 Å². The molecule has 6 nitrogen and oxygen atoms in total. The van der Waals surface area contributed by atoms with Gasteiger partial charge in [-0.25, -0.2) is 9.67 Å². The molecule has 104 valence electrons. The summed E-state index contributed by atoms with van der Waals surface area (Å²) >= 11 is 0. The maximum atomic E-state index is 11.0. The predicted octanol–water partition coefficient (Wildman–Crippen LogP) is 1.22. The minimum absolute atomic E-state index is 0.220. The maximum absolute atomic E-state index is 11.0.